The first-order valence-electron chi connectivity index (χ1n) is 8.96. The molecule has 1 aromatic heterocycles. The van der Waals surface area contributed by atoms with E-state index in [0.717, 1.165) is 43.7 Å². The third kappa shape index (κ3) is 6.95. The van der Waals surface area contributed by atoms with Crippen LogP contribution in [0.2, 0.25) is 0 Å². The van der Waals surface area contributed by atoms with Crippen molar-refractivity contribution in [1.82, 2.24) is 15.5 Å². The van der Waals surface area contributed by atoms with Crippen LogP contribution in [0.25, 0.3) is 0 Å². The topological polar surface area (TPSA) is 69.1 Å². The Hall–Kier alpha value is -0.420. The fraction of sp³-hybridized carbons (Fsp3) is 0.722. The number of rotatable bonds is 7. The van der Waals surface area contributed by atoms with Crippen LogP contribution in [0.5, 0.6) is 0 Å². The van der Waals surface area contributed by atoms with Crippen LogP contribution in [0, 0.1) is 0 Å². The Balaban J connectivity index is 0.00000338. The third-order valence-corrected chi connectivity index (χ3v) is 5.61. The van der Waals surface area contributed by atoms with Crippen LogP contribution in [0.4, 0.5) is 0 Å². The maximum Gasteiger partial charge on any atom is 0.191 e. The van der Waals surface area contributed by atoms with Crippen molar-refractivity contribution in [2.24, 2.45) is 4.99 Å². The predicted molar refractivity (Wildman–Crippen MR) is 120 cm³/mol. The summed E-state index contributed by atoms with van der Waals surface area (Å²) in [6.07, 6.45) is 0. The SMILES string of the molecule is CCNC(=NCC(C)(C)N1CCOCC1)NCC(C)(O)c1cccs1.I. The molecule has 0 spiro atoms. The number of halogens is 1. The lowest BCUT2D eigenvalue weighted by molar-refractivity contribution is -0.00685. The molecule has 150 valence electrons. The monoisotopic (exact) mass is 496 g/mol. The second-order valence-electron chi connectivity index (χ2n) is 7.21. The van der Waals surface area contributed by atoms with Crippen LogP contribution in [-0.4, -0.2) is 67.4 Å². The van der Waals surface area contributed by atoms with Crippen molar-refractivity contribution in [3.8, 4) is 0 Å². The van der Waals surface area contributed by atoms with Gasteiger partial charge in [-0.3, -0.25) is 9.89 Å². The number of aliphatic imine (C=N–C) groups is 1. The van der Waals surface area contributed by atoms with Gasteiger partial charge in [-0.2, -0.15) is 0 Å². The van der Waals surface area contributed by atoms with E-state index < -0.39 is 5.60 Å². The second kappa shape index (κ2) is 10.8. The van der Waals surface area contributed by atoms with Gasteiger partial charge in [-0.1, -0.05) is 6.07 Å². The number of hydrogen-bond acceptors (Lipinski definition) is 5. The molecular formula is C18H33IN4O2S. The van der Waals surface area contributed by atoms with Gasteiger partial charge in [0.1, 0.15) is 5.60 Å². The number of guanidine groups is 1. The quantitative estimate of drug-likeness (QED) is 0.307. The summed E-state index contributed by atoms with van der Waals surface area (Å²) in [7, 11) is 0. The Kier molecular flexibility index (Phi) is 9.81. The van der Waals surface area contributed by atoms with Crippen LogP contribution >= 0.6 is 35.3 Å². The van der Waals surface area contributed by atoms with Crippen molar-refractivity contribution in [3.63, 3.8) is 0 Å². The highest BCUT2D eigenvalue weighted by Crippen LogP contribution is 2.24. The van der Waals surface area contributed by atoms with Gasteiger partial charge < -0.3 is 20.5 Å². The Bertz CT molecular complexity index is 543. The zero-order chi connectivity index (χ0) is 18.3. The summed E-state index contributed by atoms with van der Waals surface area (Å²) in [5, 5.41) is 19.2. The number of thiophene rings is 1. The number of ether oxygens (including phenoxy) is 1. The lowest BCUT2D eigenvalue weighted by Gasteiger charge is -2.40. The minimum Gasteiger partial charge on any atom is -0.383 e. The summed E-state index contributed by atoms with van der Waals surface area (Å²) in [6.45, 7) is 13.6. The highest BCUT2D eigenvalue weighted by atomic mass is 127. The van der Waals surface area contributed by atoms with E-state index in [1.807, 2.05) is 31.4 Å². The summed E-state index contributed by atoms with van der Waals surface area (Å²) >= 11 is 1.56. The van der Waals surface area contributed by atoms with Gasteiger partial charge in [0.2, 0.25) is 0 Å². The van der Waals surface area contributed by atoms with Crippen LogP contribution in [0.1, 0.15) is 32.6 Å². The van der Waals surface area contributed by atoms with Crippen molar-refractivity contribution >= 4 is 41.3 Å². The molecule has 1 atom stereocenters. The molecule has 0 saturated carbocycles. The number of nitrogens with one attached hydrogen (secondary N) is 2. The lowest BCUT2D eigenvalue weighted by Crippen LogP contribution is -2.52. The molecular weight excluding hydrogens is 463 g/mol. The standard InChI is InChI=1S/C18H32N4O2S.HI/c1-5-19-16(21-14-18(4,23)15-7-6-12-25-15)20-13-17(2,3)22-8-10-24-11-9-22;/h6-7,12,23H,5,8-11,13-14H2,1-4H3,(H2,19,20,21);1H. The van der Waals surface area contributed by atoms with Gasteiger partial charge in [-0.15, -0.1) is 35.3 Å². The highest BCUT2D eigenvalue weighted by Gasteiger charge is 2.28. The Labute approximate surface area is 178 Å². The zero-order valence-corrected chi connectivity index (χ0v) is 19.4. The first-order valence-corrected chi connectivity index (χ1v) is 9.84. The number of aliphatic hydroxyl groups is 1. The summed E-state index contributed by atoms with van der Waals surface area (Å²) in [5.74, 6) is 0.737. The molecule has 0 amide bonds. The molecule has 1 aromatic rings. The minimum absolute atomic E-state index is 0. The molecule has 0 bridgehead atoms. The Morgan fingerprint density at radius 3 is 2.58 bits per heavy atom. The van der Waals surface area contributed by atoms with Crippen LogP contribution in [0.15, 0.2) is 22.5 Å². The molecule has 2 rings (SSSR count). The minimum atomic E-state index is -0.913. The zero-order valence-electron chi connectivity index (χ0n) is 16.2. The summed E-state index contributed by atoms with van der Waals surface area (Å²) in [5.41, 5.74) is -0.938. The first-order chi connectivity index (χ1) is 11.8. The number of hydrogen-bond donors (Lipinski definition) is 3. The molecule has 0 aromatic carbocycles. The summed E-state index contributed by atoms with van der Waals surface area (Å²) < 4.78 is 5.44. The largest absolute Gasteiger partial charge is 0.383 e. The van der Waals surface area contributed by atoms with E-state index in [9.17, 15) is 5.11 Å². The van der Waals surface area contributed by atoms with Crippen molar-refractivity contribution in [1.29, 1.82) is 0 Å². The van der Waals surface area contributed by atoms with Crippen LogP contribution in [-0.2, 0) is 10.3 Å². The molecule has 1 unspecified atom stereocenters. The summed E-state index contributed by atoms with van der Waals surface area (Å²) in [6, 6.07) is 3.91. The molecule has 1 fully saturated rings. The second-order valence-corrected chi connectivity index (χ2v) is 8.16. The van der Waals surface area contributed by atoms with E-state index >= 15 is 0 Å². The molecule has 0 radical (unpaired) electrons. The number of nitrogens with zero attached hydrogens (tertiary/aromatic N) is 2. The fourth-order valence-electron chi connectivity index (χ4n) is 2.81. The molecule has 26 heavy (non-hydrogen) atoms. The van der Waals surface area contributed by atoms with E-state index in [-0.39, 0.29) is 29.5 Å². The van der Waals surface area contributed by atoms with Crippen molar-refractivity contribution in [2.45, 2.75) is 38.8 Å². The molecule has 1 aliphatic heterocycles. The van der Waals surface area contributed by atoms with Gasteiger partial charge in [0, 0.05) is 30.1 Å². The smallest absolute Gasteiger partial charge is 0.191 e. The molecule has 1 saturated heterocycles. The molecule has 2 heterocycles. The van der Waals surface area contributed by atoms with Gasteiger partial charge in [0.05, 0.1) is 26.3 Å². The van der Waals surface area contributed by atoms with Gasteiger partial charge >= 0.3 is 0 Å². The van der Waals surface area contributed by atoms with Gasteiger partial charge in [0.15, 0.2) is 5.96 Å². The van der Waals surface area contributed by atoms with E-state index in [0.29, 0.717) is 13.1 Å². The van der Waals surface area contributed by atoms with Crippen LogP contribution in [0.3, 0.4) is 0 Å². The van der Waals surface area contributed by atoms with Crippen LogP contribution < -0.4 is 10.6 Å². The highest BCUT2D eigenvalue weighted by molar-refractivity contribution is 14.0. The van der Waals surface area contributed by atoms with Crippen molar-refractivity contribution in [2.75, 3.05) is 45.9 Å². The normalized spacial score (nSPS) is 18.7. The number of morpholine rings is 1. The third-order valence-electron chi connectivity index (χ3n) is 4.49. The predicted octanol–water partition coefficient (Wildman–Crippen LogP) is 2.24. The molecule has 3 N–H and O–H groups in total. The van der Waals surface area contributed by atoms with Crippen molar-refractivity contribution in [3.05, 3.63) is 22.4 Å². The van der Waals surface area contributed by atoms with Gasteiger partial charge in [-0.05, 0) is 39.1 Å². The average molecular weight is 496 g/mol. The first kappa shape index (κ1) is 23.6. The van der Waals surface area contributed by atoms with E-state index in [2.05, 4.69) is 29.4 Å². The molecule has 8 heteroatoms. The van der Waals surface area contributed by atoms with E-state index in [1.165, 1.54) is 0 Å². The lowest BCUT2D eigenvalue weighted by atomic mass is 10.0. The molecule has 0 aliphatic carbocycles. The van der Waals surface area contributed by atoms with Gasteiger partial charge in [-0.25, -0.2) is 0 Å². The van der Waals surface area contributed by atoms with E-state index in [4.69, 9.17) is 9.73 Å². The molecule has 1 aliphatic rings. The maximum absolute atomic E-state index is 10.7. The maximum atomic E-state index is 10.7. The summed E-state index contributed by atoms with van der Waals surface area (Å²) in [4.78, 5) is 8.12. The van der Waals surface area contributed by atoms with Gasteiger partial charge in [0.25, 0.3) is 0 Å². The van der Waals surface area contributed by atoms with E-state index in [1.54, 1.807) is 11.3 Å². The Morgan fingerprint density at radius 1 is 1.31 bits per heavy atom. The molecule has 6 nitrogen and oxygen atoms in total. The average Bonchev–Trinajstić information content (AvgIpc) is 3.14. The van der Waals surface area contributed by atoms with Crippen molar-refractivity contribution < 1.29 is 9.84 Å². The Morgan fingerprint density at radius 2 is 2.00 bits per heavy atom. The fourth-order valence-corrected chi connectivity index (χ4v) is 3.60.